The van der Waals surface area contributed by atoms with E-state index >= 15 is 0 Å². The van der Waals surface area contributed by atoms with Gasteiger partial charge in [-0.1, -0.05) is 13.8 Å². The number of hydrogen-bond donors (Lipinski definition) is 2. The molecular formula is C12H18N2O3S. The summed E-state index contributed by atoms with van der Waals surface area (Å²) in [6.45, 7) is 4.16. The summed E-state index contributed by atoms with van der Waals surface area (Å²) in [4.78, 5) is 14.0. The first-order valence-electron chi connectivity index (χ1n) is 6.11. The van der Waals surface area contributed by atoms with E-state index in [-0.39, 0.29) is 10.9 Å². The van der Waals surface area contributed by atoms with Gasteiger partial charge >= 0.3 is 0 Å². The lowest BCUT2D eigenvalue weighted by atomic mass is 9.98. The predicted octanol–water partition coefficient (Wildman–Crippen LogP) is 1.09. The number of aromatic amines is 1. The fraction of sp³-hybridized carbons (Fsp3) is 0.583. The van der Waals surface area contributed by atoms with Crippen LogP contribution in [0, 0.1) is 11.8 Å². The van der Waals surface area contributed by atoms with Crippen molar-refractivity contribution in [1.82, 2.24) is 9.71 Å². The molecule has 2 N–H and O–H groups in total. The Hall–Kier alpha value is -1.14. The Bertz CT molecular complexity index is 579. The van der Waals surface area contributed by atoms with Crippen molar-refractivity contribution in [2.24, 2.45) is 11.8 Å². The maximum absolute atomic E-state index is 12.1. The third-order valence-electron chi connectivity index (χ3n) is 3.85. The zero-order chi connectivity index (χ0) is 13.3. The van der Waals surface area contributed by atoms with Gasteiger partial charge in [0.15, 0.2) is 0 Å². The molecule has 0 amide bonds. The van der Waals surface area contributed by atoms with Gasteiger partial charge in [-0.15, -0.1) is 0 Å². The molecule has 3 atom stereocenters. The van der Waals surface area contributed by atoms with Crippen molar-refractivity contribution in [3.8, 4) is 0 Å². The number of rotatable bonds is 3. The van der Waals surface area contributed by atoms with Crippen molar-refractivity contribution in [3.05, 3.63) is 28.7 Å². The molecule has 0 aliphatic heterocycles. The van der Waals surface area contributed by atoms with Gasteiger partial charge in [0.1, 0.15) is 4.90 Å². The van der Waals surface area contributed by atoms with E-state index in [0.717, 1.165) is 12.8 Å². The Morgan fingerprint density at radius 2 is 2.06 bits per heavy atom. The highest BCUT2D eigenvalue weighted by atomic mass is 32.2. The van der Waals surface area contributed by atoms with Crippen molar-refractivity contribution in [2.75, 3.05) is 0 Å². The van der Waals surface area contributed by atoms with E-state index in [1.54, 1.807) is 0 Å². The standard InChI is InChI=1S/C12H18N2O3S/c1-8-3-4-10(9(8)2)14-18(16,17)12-7-13-6-5-11(12)15/h5-10,14H,3-4H2,1-2H3,(H,13,15). The summed E-state index contributed by atoms with van der Waals surface area (Å²) in [5, 5.41) is 0. The molecule has 1 aliphatic carbocycles. The molecule has 1 aromatic rings. The fourth-order valence-corrected chi connectivity index (χ4v) is 3.82. The Morgan fingerprint density at radius 1 is 1.33 bits per heavy atom. The Kier molecular flexibility index (Phi) is 3.59. The topological polar surface area (TPSA) is 79.0 Å². The number of sulfonamides is 1. The largest absolute Gasteiger partial charge is 0.366 e. The first-order valence-corrected chi connectivity index (χ1v) is 7.59. The van der Waals surface area contributed by atoms with Crippen LogP contribution in [0.1, 0.15) is 26.7 Å². The summed E-state index contributed by atoms with van der Waals surface area (Å²) in [7, 11) is -3.72. The summed E-state index contributed by atoms with van der Waals surface area (Å²) < 4.78 is 26.9. The molecule has 0 bridgehead atoms. The van der Waals surface area contributed by atoms with Crippen molar-refractivity contribution in [2.45, 2.75) is 37.6 Å². The minimum atomic E-state index is -3.72. The lowest BCUT2D eigenvalue weighted by molar-refractivity contribution is 0.402. The molecular weight excluding hydrogens is 252 g/mol. The molecule has 1 aromatic heterocycles. The lowest BCUT2D eigenvalue weighted by Gasteiger charge is -2.19. The molecule has 18 heavy (non-hydrogen) atoms. The molecule has 0 saturated heterocycles. The minimum Gasteiger partial charge on any atom is -0.366 e. The van der Waals surface area contributed by atoms with Crippen molar-refractivity contribution in [3.63, 3.8) is 0 Å². The van der Waals surface area contributed by atoms with Gasteiger partial charge in [-0.25, -0.2) is 13.1 Å². The molecule has 0 aromatic carbocycles. The van der Waals surface area contributed by atoms with Gasteiger partial charge in [0, 0.05) is 24.5 Å². The predicted molar refractivity (Wildman–Crippen MR) is 68.7 cm³/mol. The van der Waals surface area contributed by atoms with E-state index in [2.05, 4.69) is 16.6 Å². The molecule has 3 unspecified atom stereocenters. The Labute approximate surface area is 107 Å². The van der Waals surface area contributed by atoms with Gasteiger partial charge < -0.3 is 4.98 Å². The summed E-state index contributed by atoms with van der Waals surface area (Å²) in [6, 6.07) is 1.14. The molecule has 1 saturated carbocycles. The Balaban J connectivity index is 2.24. The van der Waals surface area contributed by atoms with Crippen molar-refractivity contribution < 1.29 is 8.42 Å². The van der Waals surface area contributed by atoms with Crippen molar-refractivity contribution >= 4 is 10.0 Å². The highest BCUT2D eigenvalue weighted by Gasteiger charge is 2.33. The number of nitrogens with one attached hydrogen (secondary N) is 2. The monoisotopic (exact) mass is 270 g/mol. The third-order valence-corrected chi connectivity index (χ3v) is 5.36. The quantitative estimate of drug-likeness (QED) is 0.863. The van der Waals surface area contributed by atoms with E-state index in [4.69, 9.17) is 0 Å². The van der Waals surface area contributed by atoms with Crippen molar-refractivity contribution in [1.29, 1.82) is 0 Å². The smallest absolute Gasteiger partial charge is 0.246 e. The minimum absolute atomic E-state index is 0.0791. The van der Waals surface area contributed by atoms with Gasteiger partial charge in [0.05, 0.1) is 0 Å². The van der Waals surface area contributed by atoms with Gasteiger partial charge in [-0.2, -0.15) is 0 Å². The van der Waals surface area contributed by atoms with Crippen LogP contribution in [0.3, 0.4) is 0 Å². The zero-order valence-electron chi connectivity index (χ0n) is 10.5. The van der Waals surface area contributed by atoms with Crippen LogP contribution in [0.5, 0.6) is 0 Å². The second kappa shape index (κ2) is 4.85. The van der Waals surface area contributed by atoms with E-state index in [9.17, 15) is 13.2 Å². The van der Waals surface area contributed by atoms with Gasteiger partial charge in [-0.3, -0.25) is 4.79 Å². The molecule has 2 rings (SSSR count). The number of hydrogen-bond acceptors (Lipinski definition) is 3. The average molecular weight is 270 g/mol. The van der Waals surface area contributed by atoms with Crippen LogP contribution >= 0.6 is 0 Å². The zero-order valence-corrected chi connectivity index (χ0v) is 11.3. The Morgan fingerprint density at radius 3 is 2.61 bits per heavy atom. The summed E-state index contributed by atoms with van der Waals surface area (Å²) >= 11 is 0. The third kappa shape index (κ3) is 2.49. The van der Waals surface area contributed by atoms with Crippen LogP contribution < -0.4 is 10.2 Å². The van der Waals surface area contributed by atoms with Crippen LogP contribution in [-0.2, 0) is 10.0 Å². The van der Waals surface area contributed by atoms with Crippen LogP contribution in [0.4, 0.5) is 0 Å². The summed E-state index contributed by atoms with van der Waals surface area (Å²) in [5.74, 6) is 0.800. The number of pyridine rings is 1. The van der Waals surface area contributed by atoms with E-state index in [1.807, 2.05) is 6.92 Å². The fourth-order valence-electron chi connectivity index (χ4n) is 2.40. The summed E-state index contributed by atoms with van der Waals surface area (Å²) in [5.41, 5.74) is -0.486. The SMILES string of the molecule is CC1CCC(NS(=O)(=O)c2c[nH]ccc2=O)C1C. The molecule has 6 heteroatoms. The first-order chi connectivity index (χ1) is 8.42. The van der Waals surface area contributed by atoms with Crippen LogP contribution in [0.25, 0.3) is 0 Å². The highest BCUT2D eigenvalue weighted by Crippen LogP contribution is 2.31. The number of aromatic nitrogens is 1. The van der Waals surface area contributed by atoms with E-state index < -0.39 is 15.5 Å². The average Bonchev–Trinajstić information content (AvgIpc) is 2.61. The molecule has 100 valence electrons. The van der Waals surface area contributed by atoms with Crippen LogP contribution in [0.15, 0.2) is 28.2 Å². The highest BCUT2D eigenvalue weighted by molar-refractivity contribution is 7.89. The van der Waals surface area contributed by atoms with Crippen LogP contribution in [0.2, 0.25) is 0 Å². The normalized spacial score (nSPS) is 28.4. The molecule has 0 spiro atoms. The first kappa shape index (κ1) is 13.3. The lowest BCUT2D eigenvalue weighted by Crippen LogP contribution is -2.39. The van der Waals surface area contributed by atoms with Crippen LogP contribution in [-0.4, -0.2) is 19.4 Å². The van der Waals surface area contributed by atoms with Gasteiger partial charge in [0.25, 0.3) is 0 Å². The molecule has 0 radical (unpaired) electrons. The molecule has 1 heterocycles. The second-order valence-corrected chi connectivity index (χ2v) is 6.70. The van der Waals surface area contributed by atoms with Gasteiger partial charge in [0.2, 0.25) is 15.5 Å². The maximum Gasteiger partial charge on any atom is 0.246 e. The number of H-pyrrole nitrogens is 1. The van der Waals surface area contributed by atoms with E-state index in [0.29, 0.717) is 11.8 Å². The maximum atomic E-state index is 12.1. The molecule has 5 nitrogen and oxygen atoms in total. The second-order valence-electron chi connectivity index (χ2n) is 5.01. The molecule has 1 fully saturated rings. The van der Waals surface area contributed by atoms with Gasteiger partial charge in [-0.05, 0) is 24.7 Å². The summed E-state index contributed by atoms with van der Waals surface area (Å²) in [6.07, 6.45) is 4.49. The van der Waals surface area contributed by atoms with E-state index in [1.165, 1.54) is 18.5 Å². The molecule has 1 aliphatic rings.